The Morgan fingerprint density at radius 2 is 1.63 bits per heavy atom. The van der Waals surface area contributed by atoms with Crippen molar-refractivity contribution in [2.24, 2.45) is 0 Å². The summed E-state index contributed by atoms with van der Waals surface area (Å²) in [5.41, 5.74) is 3.87. The SMILES string of the molecule is CCOC(=O)CCCC(CCc1ccccc1OCc1ccc(Br)cc1)NCc1ccc(C(=O)OC)cc1. The molecule has 1 unspecified atom stereocenters. The molecule has 0 heterocycles. The fourth-order valence-corrected chi connectivity index (χ4v) is 4.40. The Labute approximate surface area is 233 Å². The van der Waals surface area contributed by atoms with E-state index in [-0.39, 0.29) is 18.0 Å². The number of nitrogens with one attached hydrogen (secondary N) is 1. The Bertz CT molecular complexity index is 1150. The number of rotatable bonds is 15. The Morgan fingerprint density at radius 1 is 0.921 bits per heavy atom. The zero-order valence-corrected chi connectivity index (χ0v) is 23.7. The molecule has 0 aliphatic rings. The van der Waals surface area contributed by atoms with Crippen molar-refractivity contribution in [3.05, 3.63) is 99.5 Å². The van der Waals surface area contributed by atoms with Crippen LogP contribution >= 0.6 is 15.9 Å². The highest BCUT2D eigenvalue weighted by Crippen LogP contribution is 2.23. The van der Waals surface area contributed by atoms with Crippen molar-refractivity contribution < 1.29 is 23.8 Å². The van der Waals surface area contributed by atoms with Crippen LogP contribution in [0.2, 0.25) is 0 Å². The normalized spacial score (nSPS) is 11.6. The molecule has 6 nitrogen and oxygen atoms in total. The minimum absolute atomic E-state index is 0.156. The molecule has 0 radical (unpaired) electrons. The third kappa shape index (κ3) is 9.95. The molecule has 0 aromatic heterocycles. The second kappa shape index (κ2) is 15.9. The molecule has 0 saturated carbocycles. The highest BCUT2D eigenvalue weighted by atomic mass is 79.9. The van der Waals surface area contributed by atoms with Gasteiger partial charge in [-0.25, -0.2) is 4.79 Å². The van der Waals surface area contributed by atoms with Gasteiger partial charge in [-0.15, -0.1) is 0 Å². The summed E-state index contributed by atoms with van der Waals surface area (Å²) >= 11 is 3.47. The predicted octanol–water partition coefficient (Wildman–Crippen LogP) is 6.64. The van der Waals surface area contributed by atoms with Crippen molar-refractivity contribution in [2.75, 3.05) is 13.7 Å². The molecule has 3 rings (SSSR count). The van der Waals surface area contributed by atoms with E-state index in [2.05, 4.69) is 27.3 Å². The van der Waals surface area contributed by atoms with Gasteiger partial charge in [0.1, 0.15) is 12.4 Å². The van der Waals surface area contributed by atoms with Crippen LogP contribution in [-0.2, 0) is 33.8 Å². The predicted molar refractivity (Wildman–Crippen MR) is 152 cm³/mol. The molecule has 202 valence electrons. The summed E-state index contributed by atoms with van der Waals surface area (Å²) in [7, 11) is 1.38. The minimum Gasteiger partial charge on any atom is -0.489 e. The molecule has 7 heteroatoms. The molecule has 38 heavy (non-hydrogen) atoms. The van der Waals surface area contributed by atoms with Crippen LogP contribution in [0.25, 0.3) is 0 Å². The number of hydrogen-bond donors (Lipinski definition) is 1. The number of carbonyl (C=O) groups excluding carboxylic acids is 2. The average Bonchev–Trinajstić information content (AvgIpc) is 2.94. The average molecular weight is 583 g/mol. The van der Waals surface area contributed by atoms with Crippen LogP contribution in [-0.4, -0.2) is 31.7 Å². The molecule has 0 aliphatic carbocycles. The van der Waals surface area contributed by atoms with Crippen molar-refractivity contribution >= 4 is 27.9 Å². The molecule has 0 amide bonds. The quantitative estimate of drug-likeness (QED) is 0.203. The lowest BCUT2D eigenvalue weighted by Crippen LogP contribution is -2.29. The van der Waals surface area contributed by atoms with Crippen LogP contribution in [0, 0.1) is 0 Å². The van der Waals surface area contributed by atoms with E-state index in [1.165, 1.54) is 7.11 Å². The van der Waals surface area contributed by atoms with E-state index in [0.717, 1.165) is 52.6 Å². The van der Waals surface area contributed by atoms with E-state index >= 15 is 0 Å². The number of carbonyl (C=O) groups is 2. The zero-order valence-electron chi connectivity index (χ0n) is 22.1. The maximum absolute atomic E-state index is 11.8. The highest BCUT2D eigenvalue weighted by Gasteiger charge is 2.13. The number of para-hydroxylation sites is 1. The molecular formula is C31H36BrNO5. The van der Waals surface area contributed by atoms with Gasteiger partial charge in [-0.2, -0.15) is 0 Å². The van der Waals surface area contributed by atoms with Crippen molar-refractivity contribution in [1.29, 1.82) is 0 Å². The lowest BCUT2D eigenvalue weighted by atomic mass is 9.99. The standard InChI is InChI=1S/C31H36BrNO5/c1-3-37-30(34)10-6-8-28(33-21-23-11-15-26(16-12-23)31(35)36-2)20-17-25-7-4-5-9-29(25)38-22-24-13-18-27(32)19-14-24/h4-5,7,9,11-16,18-19,28,33H,3,6,8,10,17,20-22H2,1-2H3. The minimum atomic E-state index is -0.345. The number of hydrogen-bond acceptors (Lipinski definition) is 6. The van der Waals surface area contributed by atoms with Gasteiger partial charge >= 0.3 is 11.9 Å². The molecule has 3 aromatic carbocycles. The van der Waals surface area contributed by atoms with Gasteiger partial charge < -0.3 is 19.5 Å². The number of aryl methyl sites for hydroxylation is 1. The molecule has 1 atom stereocenters. The topological polar surface area (TPSA) is 73.9 Å². The van der Waals surface area contributed by atoms with Gasteiger partial charge in [0.05, 0.1) is 19.3 Å². The molecule has 3 aromatic rings. The van der Waals surface area contributed by atoms with Crippen LogP contribution in [0.1, 0.15) is 59.7 Å². The monoisotopic (exact) mass is 581 g/mol. The summed E-state index contributed by atoms with van der Waals surface area (Å²) in [6, 6.07) is 23.9. The summed E-state index contributed by atoms with van der Waals surface area (Å²) in [5, 5.41) is 3.64. The van der Waals surface area contributed by atoms with Crippen LogP contribution in [0.3, 0.4) is 0 Å². The van der Waals surface area contributed by atoms with Gasteiger partial charge in [0.2, 0.25) is 0 Å². The zero-order chi connectivity index (χ0) is 27.2. The molecular weight excluding hydrogens is 546 g/mol. The Kier molecular flexibility index (Phi) is 12.3. The Morgan fingerprint density at radius 3 is 2.34 bits per heavy atom. The van der Waals surface area contributed by atoms with E-state index in [9.17, 15) is 9.59 Å². The number of ether oxygens (including phenoxy) is 3. The summed E-state index contributed by atoms with van der Waals surface area (Å²) in [6.07, 6.45) is 3.74. The fourth-order valence-electron chi connectivity index (χ4n) is 4.14. The third-order valence-electron chi connectivity index (χ3n) is 6.25. The van der Waals surface area contributed by atoms with Gasteiger partial charge in [0, 0.05) is 23.5 Å². The maximum Gasteiger partial charge on any atom is 0.337 e. The number of methoxy groups -OCH3 is 1. The third-order valence-corrected chi connectivity index (χ3v) is 6.78. The van der Waals surface area contributed by atoms with Gasteiger partial charge in [0.25, 0.3) is 0 Å². The molecule has 0 spiro atoms. The van der Waals surface area contributed by atoms with Crippen LogP contribution in [0.15, 0.2) is 77.3 Å². The first kappa shape index (κ1) is 29.4. The smallest absolute Gasteiger partial charge is 0.337 e. The lowest BCUT2D eigenvalue weighted by molar-refractivity contribution is -0.143. The molecule has 0 bridgehead atoms. The van der Waals surface area contributed by atoms with Gasteiger partial charge in [-0.05, 0) is 79.6 Å². The summed E-state index contributed by atoms with van der Waals surface area (Å²) in [4.78, 5) is 23.6. The maximum atomic E-state index is 11.8. The largest absolute Gasteiger partial charge is 0.489 e. The van der Waals surface area contributed by atoms with Crippen molar-refractivity contribution in [1.82, 2.24) is 5.32 Å². The Balaban J connectivity index is 1.60. The van der Waals surface area contributed by atoms with Crippen molar-refractivity contribution in [2.45, 2.75) is 58.2 Å². The summed E-state index contributed by atoms with van der Waals surface area (Å²) < 4.78 is 17.1. The van der Waals surface area contributed by atoms with Gasteiger partial charge in [-0.1, -0.05) is 58.4 Å². The first-order valence-electron chi connectivity index (χ1n) is 13.0. The van der Waals surface area contributed by atoms with Crippen molar-refractivity contribution in [3.63, 3.8) is 0 Å². The molecule has 0 aliphatic heterocycles. The Hall–Kier alpha value is -3.16. The fraction of sp³-hybridized carbons (Fsp3) is 0.355. The summed E-state index contributed by atoms with van der Waals surface area (Å²) in [6.45, 7) is 3.39. The summed E-state index contributed by atoms with van der Waals surface area (Å²) in [5.74, 6) is 0.387. The van der Waals surface area contributed by atoms with E-state index in [4.69, 9.17) is 14.2 Å². The van der Waals surface area contributed by atoms with Crippen molar-refractivity contribution in [3.8, 4) is 5.75 Å². The number of esters is 2. The lowest BCUT2D eigenvalue weighted by Gasteiger charge is -2.20. The van der Waals surface area contributed by atoms with Crippen LogP contribution in [0.5, 0.6) is 5.75 Å². The van der Waals surface area contributed by atoms with E-state index in [0.29, 0.717) is 31.7 Å². The van der Waals surface area contributed by atoms with E-state index in [1.807, 2.05) is 61.5 Å². The van der Waals surface area contributed by atoms with Crippen LogP contribution < -0.4 is 10.1 Å². The second-order valence-electron chi connectivity index (χ2n) is 9.03. The highest BCUT2D eigenvalue weighted by molar-refractivity contribution is 9.10. The van der Waals surface area contributed by atoms with Crippen LogP contribution in [0.4, 0.5) is 0 Å². The van der Waals surface area contributed by atoms with E-state index in [1.54, 1.807) is 12.1 Å². The number of benzene rings is 3. The van der Waals surface area contributed by atoms with Gasteiger partial charge in [0.15, 0.2) is 0 Å². The van der Waals surface area contributed by atoms with Gasteiger partial charge in [-0.3, -0.25) is 4.79 Å². The molecule has 0 fully saturated rings. The first-order valence-corrected chi connectivity index (χ1v) is 13.8. The molecule has 0 saturated heterocycles. The van der Waals surface area contributed by atoms with E-state index < -0.39 is 0 Å². The first-order chi connectivity index (χ1) is 18.5. The molecule has 1 N–H and O–H groups in total. The second-order valence-corrected chi connectivity index (χ2v) is 9.94. The number of halogens is 1.